The van der Waals surface area contributed by atoms with Gasteiger partial charge in [0.25, 0.3) is 0 Å². The van der Waals surface area contributed by atoms with Crippen LogP contribution in [0.3, 0.4) is 0 Å². The fourth-order valence-electron chi connectivity index (χ4n) is 10.7. The van der Waals surface area contributed by atoms with Crippen molar-refractivity contribution in [2.75, 3.05) is 0 Å². The van der Waals surface area contributed by atoms with Crippen LogP contribution in [-0.4, -0.2) is 5.11 Å². The van der Waals surface area contributed by atoms with Crippen molar-refractivity contribution in [2.24, 2.45) is 35.5 Å². The highest BCUT2D eigenvalue weighted by Gasteiger charge is 2.55. The van der Waals surface area contributed by atoms with E-state index in [4.69, 9.17) is 0 Å². The standard InChI is InChI=1S/C29H40O/c1-17(2)24-9-25(28-11-18-3-19(12-28)5-20(4-18)13-28)27(30)26(10-24)29-14-21-6-22(15-29)8-23(7-21)16-29/h9-10,17-23,30H,3-8,11-16H2,1-2H3. The van der Waals surface area contributed by atoms with Gasteiger partial charge in [-0.25, -0.2) is 0 Å². The van der Waals surface area contributed by atoms with Crippen molar-refractivity contribution in [3.05, 3.63) is 28.8 Å². The van der Waals surface area contributed by atoms with E-state index in [2.05, 4.69) is 26.0 Å². The third-order valence-electron chi connectivity index (χ3n) is 11.0. The van der Waals surface area contributed by atoms with Gasteiger partial charge >= 0.3 is 0 Å². The van der Waals surface area contributed by atoms with Crippen molar-refractivity contribution < 1.29 is 5.11 Å². The van der Waals surface area contributed by atoms with Crippen LogP contribution in [0.5, 0.6) is 5.75 Å². The summed E-state index contributed by atoms with van der Waals surface area (Å²) in [6.45, 7) is 4.72. The van der Waals surface area contributed by atoms with E-state index in [0.29, 0.717) is 16.7 Å². The first-order chi connectivity index (χ1) is 14.4. The SMILES string of the molecule is CC(C)c1cc(C23CC4CC(CC(C4)C2)C3)c(O)c(C23CC4CC(CC(C4)C2)C3)c1. The topological polar surface area (TPSA) is 20.2 Å². The first-order valence-corrected chi connectivity index (χ1v) is 13.3. The molecule has 0 atom stereocenters. The van der Waals surface area contributed by atoms with E-state index in [1.807, 2.05) is 0 Å². The summed E-state index contributed by atoms with van der Waals surface area (Å²) in [6, 6.07) is 4.97. The molecule has 1 heteroatoms. The zero-order valence-electron chi connectivity index (χ0n) is 19.1. The summed E-state index contributed by atoms with van der Waals surface area (Å²) >= 11 is 0. The molecule has 0 amide bonds. The maximum Gasteiger partial charge on any atom is 0.123 e. The molecule has 8 bridgehead atoms. The average Bonchev–Trinajstić information content (AvgIpc) is 2.65. The largest absolute Gasteiger partial charge is 0.507 e. The Morgan fingerprint density at radius 1 is 0.633 bits per heavy atom. The van der Waals surface area contributed by atoms with Crippen molar-refractivity contribution >= 4 is 0 Å². The van der Waals surface area contributed by atoms with Gasteiger partial charge in [0.15, 0.2) is 0 Å². The molecule has 162 valence electrons. The van der Waals surface area contributed by atoms with Gasteiger partial charge in [0.1, 0.15) is 5.75 Å². The number of hydrogen-bond donors (Lipinski definition) is 1. The number of hydrogen-bond acceptors (Lipinski definition) is 1. The summed E-state index contributed by atoms with van der Waals surface area (Å²) in [6.07, 6.45) is 17.0. The van der Waals surface area contributed by atoms with Gasteiger partial charge < -0.3 is 5.11 Å². The molecule has 1 aromatic carbocycles. The van der Waals surface area contributed by atoms with E-state index < -0.39 is 0 Å². The van der Waals surface area contributed by atoms with Crippen molar-refractivity contribution in [1.29, 1.82) is 0 Å². The van der Waals surface area contributed by atoms with Gasteiger partial charge in [0.05, 0.1) is 0 Å². The Kier molecular flexibility index (Phi) is 3.76. The Morgan fingerprint density at radius 2 is 0.933 bits per heavy atom. The molecule has 0 heterocycles. The van der Waals surface area contributed by atoms with E-state index >= 15 is 0 Å². The zero-order chi connectivity index (χ0) is 20.3. The number of benzene rings is 1. The summed E-state index contributed by atoms with van der Waals surface area (Å²) in [5.41, 5.74) is 4.89. The lowest BCUT2D eigenvalue weighted by Gasteiger charge is -2.59. The number of rotatable bonds is 3. The number of phenols is 1. The minimum absolute atomic E-state index is 0.292. The zero-order valence-corrected chi connectivity index (χ0v) is 19.1. The summed E-state index contributed by atoms with van der Waals surface area (Å²) in [4.78, 5) is 0. The second-order valence-electron chi connectivity index (χ2n) is 13.5. The second kappa shape index (κ2) is 6.08. The highest BCUT2D eigenvalue weighted by Crippen LogP contribution is 2.65. The van der Waals surface area contributed by atoms with Crippen molar-refractivity contribution in [2.45, 2.75) is 108 Å². The molecule has 9 rings (SSSR count). The maximum absolute atomic E-state index is 12.0. The van der Waals surface area contributed by atoms with Crippen LogP contribution in [0.4, 0.5) is 0 Å². The minimum atomic E-state index is 0.292. The van der Waals surface area contributed by atoms with Crippen LogP contribution in [0.25, 0.3) is 0 Å². The van der Waals surface area contributed by atoms with Crippen LogP contribution in [0, 0.1) is 35.5 Å². The Hall–Kier alpha value is -0.980. The molecule has 8 aliphatic rings. The predicted molar refractivity (Wildman–Crippen MR) is 122 cm³/mol. The number of phenolic OH excluding ortho intramolecular Hbond substituents is 1. The molecule has 0 aromatic heterocycles. The lowest BCUT2D eigenvalue weighted by molar-refractivity contribution is -0.0103. The quantitative estimate of drug-likeness (QED) is 0.554. The molecule has 1 nitrogen and oxygen atoms in total. The van der Waals surface area contributed by atoms with Crippen molar-refractivity contribution in [3.63, 3.8) is 0 Å². The third kappa shape index (κ3) is 2.53. The molecular weight excluding hydrogens is 364 g/mol. The molecule has 1 N–H and O–H groups in total. The molecule has 0 aliphatic heterocycles. The Balaban J connectivity index is 1.38. The fourth-order valence-corrected chi connectivity index (χ4v) is 10.7. The molecule has 1 aromatic rings. The van der Waals surface area contributed by atoms with Crippen LogP contribution in [0.2, 0.25) is 0 Å². The molecule has 0 spiro atoms. The van der Waals surface area contributed by atoms with Crippen LogP contribution >= 0.6 is 0 Å². The normalized spacial score (nSPS) is 48.1. The minimum Gasteiger partial charge on any atom is -0.507 e. The maximum atomic E-state index is 12.0. The van der Waals surface area contributed by atoms with Gasteiger partial charge in [0, 0.05) is 11.1 Å². The first-order valence-electron chi connectivity index (χ1n) is 13.3. The average molecular weight is 405 g/mol. The second-order valence-corrected chi connectivity index (χ2v) is 13.5. The van der Waals surface area contributed by atoms with Crippen LogP contribution < -0.4 is 0 Å². The molecule has 30 heavy (non-hydrogen) atoms. The predicted octanol–water partition coefficient (Wildman–Crippen LogP) is 7.45. The van der Waals surface area contributed by atoms with E-state index in [-0.39, 0.29) is 0 Å². The lowest BCUT2D eigenvalue weighted by Crippen LogP contribution is -2.50. The van der Waals surface area contributed by atoms with Crippen LogP contribution in [-0.2, 0) is 10.8 Å². The highest BCUT2D eigenvalue weighted by atomic mass is 16.3. The van der Waals surface area contributed by atoms with Crippen LogP contribution in [0.15, 0.2) is 12.1 Å². The van der Waals surface area contributed by atoms with E-state index in [1.165, 1.54) is 93.7 Å². The van der Waals surface area contributed by atoms with Gasteiger partial charge in [-0.2, -0.15) is 0 Å². The molecule has 8 fully saturated rings. The Bertz CT molecular complexity index is 741. The van der Waals surface area contributed by atoms with Gasteiger partial charge in [-0.05, 0) is 135 Å². The van der Waals surface area contributed by atoms with Crippen LogP contribution in [0.1, 0.15) is 114 Å². The smallest absolute Gasteiger partial charge is 0.123 e. The van der Waals surface area contributed by atoms with Gasteiger partial charge in [-0.1, -0.05) is 26.0 Å². The van der Waals surface area contributed by atoms with Gasteiger partial charge in [-0.3, -0.25) is 0 Å². The lowest BCUT2D eigenvalue weighted by atomic mass is 9.46. The molecule has 8 saturated carbocycles. The monoisotopic (exact) mass is 404 g/mol. The first kappa shape index (κ1) is 18.6. The highest BCUT2D eigenvalue weighted by molar-refractivity contribution is 5.53. The van der Waals surface area contributed by atoms with Crippen molar-refractivity contribution in [3.8, 4) is 5.75 Å². The summed E-state index contributed by atoms with van der Waals surface area (Å²) in [7, 11) is 0. The molecule has 8 aliphatic carbocycles. The Labute approximate surface area is 183 Å². The number of aromatic hydroxyl groups is 1. The third-order valence-corrected chi connectivity index (χ3v) is 11.0. The Morgan fingerprint density at radius 3 is 1.20 bits per heavy atom. The van der Waals surface area contributed by atoms with E-state index in [9.17, 15) is 5.11 Å². The summed E-state index contributed by atoms with van der Waals surface area (Å²) in [5.74, 6) is 6.90. The van der Waals surface area contributed by atoms with Crippen molar-refractivity contribution in [1.82, 2.24) is 0 Å². The molecular formula is C29H40O. The fraction of sp³-hybridized carbons (Fsp3) is 0.793. The summed E-state index contributed by atoms with van der Waals surface area (Å²) < 4.78 is 0. The molecule has 0 saturated heterocycles. The van der Waals surface area contributed by atoms with E-state index in [0.717, 1.165) is 41.3 Å². The summed E-state index contributed by atoms with van der Waals surface area (Å²) in [5, 5.41) is 12.0. The molecule has 0 unspecified atom stereocenters. The van der Waals surface area contributed by atoms with Gasteiger partial charge in [-0.15, -0.1) is 0 Å². The van der Waals surface area contributed by atoms with E-state index in [1.54, 1.807) is 0 Å². The van der Waals surface area contributed by atoms with Gasteiger partial charge in [0.2, 0.25) is 0 Å². The molecule has 0 radical (unpaired) electrons.